The van der Waals surface area contributed by atoms with Crippen LogP contribution in [-0.4, -0.2) is 36.4 Å². The van der Waals surface area contributed by atoms with Crippen molar-refractivity contribution >= 4 is 5.97 Å². The highest BCUT2D eigenvalue weighted by molar-refractivity contribution is 5.71. The van der Waals surface area contributed by atoms with Crippen LogP contribution in [0.15, 0.2) is 0 Å². The van der Waals surface area contributed by atoms with Crippen LogP contribution in [0.25, 0.3) is 0 Å². The molecule has 0 aromatic rings. The number of carbonyl (C=O) groups is 1. The van der Waals surface area contributed by atoms with Gasteiger partial charge in [0.25, 0.3) is 0 Å². The Morgan fingerprint density at radius 1 is 1.62 bits per heavy atom. The molecule has 0 radical (unpaired) electrons. The number of hydrogen-bond donors (Lipinski definition) is 2. The molecule has 1 rings (SSSR count). The Bertz CT molecular complexity index is 172. The quantitative estimate of drug-likeness (QED) is 0.611. The third kappa shape index (κ3) is 3.32. The van der Waals surface area contributed by atoms with Gasteiger partial charge in [-0.2, -0.15) is 0 Å². The maximum atomic E-state index is 10.9. The van der Waals surface area contributed by atoms with Gasteiger partial charge >= 0.3 is 5.97 Å². The molecule has 1 aliphatic carbocycles. The lowest BCUT2D eigenvalue weighted by atomic mass is 10.2. The van der Waals surface area contributed by atoms with E-state index in [4.69, 9.17) is 4.74 Å². The molecule has 4 nitrogen and oxygen atoms in total. The van der Waals surface area contributed by atoms with E-state index in [9.17, 15) is 9.90 Å². The van der Waals surface area contributed by atoms with Crippen LogP contribution >= 0.6 is 0 Å². The Balaban J connectivity index is 2.14. The zero-order valence-corrected chi connectivity index (χ0v) is 7.95. The SMILES string of the molecule is CCOC(=O)CN[C@H]1CCC[C@@H]1O. The fourth-order valence-electron chi connectivity index (χ4n) is 1.61. The summed E-state index contributed by atoms with van der Waals surface area (Å²) in [5, 5.41) is 12.4. The summed E-state index contributed by atoms with van der Waals surface area (Å²) in [6, 6.07) is 0.0735. The van der Waals surface area contributed by atoms with E-state index >= 15 is 0 Å². The van der Waals surface area contributed by atoms with Crippen LogP contribution in [0, 0.1) is 0 Å². The first-order valence-electron chi connectivity index (χ1n) is 4.81. The largest absolute Gasteiger partial charge is 0.465 e. The number of rotatable bonds is 4. The van der Waals surface area contributed by atoms with Gasteiger partial charge in [0.15, 0.2) is 0 Å². The van der Waals surface area contributed by atoms with Crippen molar-refractivity contribution in [3.05, 3.63) is 0 Å². The second-order valence-corrected chi connectivity index (χ2v) is 3.29. The fourth-order valence-corrected chi connectivity index (χ4v) is 1.61. The summed E-state index contributed by atoms with van der Waals surface area (Å²) in [6.07, 6.45) is 2.51. The third-order valence-corrected chi connectivity index (χ3v) is 2.29. The van der Waals surface area contributed by atoms with Gasteiger partial charge < -0.3 is 15.2 Å². The van der Waals surface area contributed by atoms with E-state index in [0.29, 0.717) is 6.61 Å². The number of aliphatic hydroxyl groups is 1. The number of esters is 1. The third-order valence-electron chi connectivity index (χ3n) is 2.29. The van der Waals surface area contributed by atoms with Gasteiger partial charge in [0, 0.05) is 6.04 Å². The molecular weight excluding hydrogens is 170 g/mol. The molecule has 1 saturated carbocycles. The summed E-state index contributed by atoms with van der Waals surface area (Å²) in [7, 11) is 0. The monoisotopic (exact) mass is 187 g/mol. The Hall–Kier alpha value is -0.610. The van der Waals surface area contributed by atoms with Crippen LogP contribution in [0.5, 0.6) is 0 Å². The lowest BCUT2D eigenvalue weighted by Crippen LogP contribution is -2.39. The molecule has 13 heavy (non-hydrogen) atoms. The second-order valence-electron chi connectivity index (χ2n) is 3.29. The number of carbonyl (C=O) groups excluding carboxylic acids is 1. The highest BCUT2D eigenvalue weighted by Gasteiger charge is 2.24. The average molecular weight is 187 g/mol. The first-order chi connectivity index (χ1) is 6.24. The Kier molecular flexibility index (Phi) is 4.18. The molecule has 0 aromatic carbocycles. The van der Waals surface area contributed by atoms with E-state index in [1.807, 2.05) is 0 Å². The first kappa shape index (κ1) is 10.5. The second kappa shape index (κ2) is 5.19. The summed E-state index contributed by atoms with van der Waals surface area (Å²) in [4.78, 5) is 10.9. The molecule has 0 saturated heterocycles. The van der Waals surface area contributed by atoms with Crippen LogP contribution in [0.1, 0.15) is 26.2 Å². The Morgan fingerprint density at radius 3 is 2.92 bits per heavy atom. The molecule has 76 valence electrons. The lowest BCUT2D eigenvalue weighted by Gasteiger charge is -2.15. The molecule has 1 aliphatic rings. The first-order valence-corrected chi connectivity index (χ1v) is 4.81. The molecule has 0 heterocycles. The van der Waals surface area contributed by atoms with E-state index in [0.717, 1.165) is 19.3 Å². The van der Waals surface area contributed by atoms with Crippen LogP contribution in [0.4, 0.5) is 0 Å². The van der Waals surface area contributed by atoms with Crippen molar-refractivity contribution in [2.24, 2.45) is 0 Å². The summed E-state index contributed by atoms with van der Waals surface area (Å²) >= 11 is 0. The van der Waals surface area contributed by atoms with Gasteiger partial charge in [-0.05, 0) is 26.2 Å². The standard InChI is InChI=1S/C9H17NO3/c1-2-13-9(12)6-10-7-4-3-5-8(7)11/h7-8,10-11H,2-6H2,1H3/t7-,8-/m0/s1. The van der Waals surface area contributed by atoms with Gasteiger partial charge in [-0.1, -0.05) is 0 Å². The number of hydrogen-bond acceptors (Lipinski definition) is 4. The summed E-state index contributed by atoms with van der Waals surface area (Å²) in [5.74, 6) is -0.249. The van der Waals surface area contributed by atoms with Crippen LogP contribution in [0.3, 0.4) is 0 Å². The minimum atomic E-state index is -0.297. The summed E-state index contributed by atoms with van der Waals surface area (Å²) < 4.78 is 4.75. The number of ether oxygens (including phenoxy) is 1. The summed E-state index contributed by atoms with van der Waals surface area (Å²) in [6.45, 7) is 2.39. The van der Waals surface area contributed by atoms with Gasteiger partial charge in [-0.15, -0.1) is 0 Å². The zero-order valence-electron chi connectivity index (χ0n) is 7.95. The predicted octanol–water partition coefficient (Wildman–Crippen LogP) is 0.0525. The van der Waals surface area contributed by atoms with Crippen molar-refractivity contribution in [2.45, 2.75) is 38.3 Å². The molecule has 0 amide bonds. The number of aliphatic hydroxyl groups excluding tert-OH is 1. The Morgan fingerprint density at radius 2 is 2.38 bits per heavy atom. The topological polar surface area (TPSA) is 58.6 Å². The molecule has 4 heteroatoms. The zero-order chi connectivity index (χ0) is 9.68. The molecule has 0 bridgehead atoms. The molecule has 0 unspecified atom stereocenters. The molecule has 1 fully saturated rings. The van der Waals surface area contributed by atoms with E-state index in [2.05, 4.69) is 5.32 Å². The van der Waals surface area contributed by atoms with E-state index < -0.39 is 0 Å². The van der Waals surface area contributed by atoms with E-state index in [-0.39, 0.29) is 24.7 Å². The highest BCUT2D eigenvalue weighted by Crippen LogP contribution is 2.18. The van der Waals surface area contributed by atoms with Crippen LogP contribution in [-0.2, 0) is 9.53 Å². The van der Waals surface area contributed by atoms with Crippen LogP contribution < -0.4 is 5.32 Å². The average Bonchev–Trinajstić information content (AvgIpc) is 2.48. The lowest BCUT2D eigenvalue weighted by molar-refractivity contribution is -0.142. The van der Waals surface area contributed by atoms with Crippen LogP contribution in [0.2, 0.25) is 0 Å². The van der Waals surface area contributed by atoms with Crippen molar-refractivity contribution in [2.75, 3.05) is 13.2 Å². The normalized spacial score (nSPS) is 27.5. The van der Waals surface area contributed by atoms with E-state index in [1.54, 1.807) is 6.92 Å². The van der Waals surface area contributed by atoms with Gasteiger partial charge in [-0.25, -0.2) is 0 Å². The van der Waals surface area contributed by atoms with Gasteiger partial charge in [0.2, 0.25) is 0 Å². The van der Waals surface area contributed by atoms with Crippen molar-refractivity contribution < 1.29 is 14.6 Å². The van der Waals surface area contributed by atoms with E-state index in [1.165, 1.54) is 0 Å². The Labute approximate surface area is 78.3 Å². The highest BCUT2D eigenvalue weighted by atomic mass is 16.5. The van der Waals surface area contributed by atoms with Crippen molar-refractivity contribution in [3.8, 4) is 0 Å². The fraction of sp³-hybridized carbons (Fsp3) is 0.889. The maximum Gasteiger partial charge on any atom is 0.319 e. The molecule has 0 spiro atoms. The van der Waals surface area contributed by atoms with Crippen molar-refractivity contribution in [1.82, 2.24) is 5.32 Å². The predicted molar refractivity (Wildman–Crippen MR) is 48.3 cm³/mol. The van der Waals surface area contributed by atoms with Crippen molar-refractivity contribution in [1.29, 1.82) is 0 Å². The molecular formula is C9H17NO3. The minimum Gasteiger partial charge on any atom is -0.465 e. The van der Waals surface area contributed by atoms with Gasteiger partial charge in [0.1, 0.15) is 0 Å². The molecule has 0 aromatic heterocycles. The minimum absolute atomic E-state index is 0.0735. The number of nitrogens with one attached hydrogen (secondary N) is 1. The smallest absolute Gasteiger partial charge is 0.319 e. The van der Waals surface area contributed by atoms with Gasteiger partial charge in [0.05, 0.1) is 19.3 Å². The molecule has 0 aliphatic heterocycles. The maximum absolute atomic E-state index is 10.9. The molecule has 2 N–H and O–H groups in total. The molecule has 2 atom stereocenters. The summed E-state index contributed by atoms with van der Waals surface area (Å²) in [5.41, 5.74) is 0. The van der Waals surface area contributed by atoms with Crippen molar-refractivity contribution in [3.63, 3.8) is 0 Å². The van der Waals surface area contributed by atoms with Gasteiger partial charge in [-0.3, -0.25) is 4.79 Å².